The molecule has 1 aliphatic carbocycles. The fourth-order valence-corrected chi connectivity index (χ4v) is 3.90. The van der Waals surface area contributed by atoms with Crippen molar-refractivity contribution in [2.75, 3.05) is 13.7 Å². The number of alkyl carbamates (subject to hydrolysis) is 1. The van der Waals surface area contributed by atoms with E-state index in [0.717, 1.165) is 39.0 Å². The minimum absolute atomic E-state index is 0.0308. The molecule has 198 valence electrons. The molecule has 9 heteroatoms. The first-order chi connectivity index (χ1) is 17.2. The van der Waals surface area contributed by atoms with Gasteiger partial charge >= 0.3 is 12.3 Å². The lowest BCUT2D eigenvalue weighted by Gasteiger charge is -2.32. The van der Waals surface area contributed by atoms with Crippen LogP contribution in [0.4, 0.5) is 18.0 Å². The number of aromatic nitrogens is 1. The van der Waals surface area contributed by atoms with E-state index in [4.69, 9.17) is 0 Å². The van der Waals surface area contributed by atoms with Gasteiger partial charge in [-0.1, -0.05) is 31.5 Å². The van der Waals surface area contributed by atoms with Crippen LogP contribution in [0.5, 0.6) is 0 Å². The maximum atomic E-state index is 13.2. The highest BCUT2D eigenvalue weighted by molar-refractivity contribution is 5.95. The molecule has 36 heavy (non-hydrogen) atoms. The molecule has 0 bridgehead atoms. The monoisotopic (exact) mass is 507 g/mol. The molecule has 0 spiro atoms. The van der Waals surface area contributed by atoms with E-state index < -0.39 is 18.2 Å². The van der Waals surface area contributed by atoms with Gasteiger partial charge in [-0.15, -0.1) is 0 Å². The van der Waals surface area contributed by atoms with Crippen molar-refractivity contribution in [2.24, 2.45) is 0 Å². The molecule has 0 radical (unpaired) electrons. The maximum absolute atomic E-state index is 13.2. The van der Waals surface area contributed by atoms with Crippen LogP contribution in [0, 0.1) is 0 Å². The molecule has 2 atom stereocenters. The Morgan fingerprint density at radius 3 is 2.19 bits per heavy atom. The second-order valence-electron chi connectivity index (χ2n) is 8.86. The number of alkyl halides is 3. The first-order valence-electron chi connectivity index (χ1n) is 12.3. The van der Waals surface area contributed by atoms with Crippen LogP contribution in [-0.4, -0.2) is 53.8 Å². The van der Waals surface area contributed by atoms with Gasteiger partial charge in [0.05, 0.1) is 13.0 Å². The third kappa shape index (κ3) is 9.51. The van der Waals surface area contributed by atoms with Crippen LogP contribution in [-0.2, 0) is 4.74 Å². The smallest absolute Gasteiger partial charge is 0.406 e. The first-order valence-corrected chi connectivity index (χ1v) is 12.3. The number of hydrogen-bond donors (Lipinski definition) is 1. The lowest BCUT2D eigenvalue weighted by Crippen LogP contribution is -2.42. The van der Waals surface area contributed by atoms with Gasteiger partial charge in [0, 0.05) is 36.6 Å². The predicted molar refractivity (Wildman–Crippen MR) is 133 cm³/mol. The number of carbonyl (C=O) groups is 2. The number of carbonyl (C=O) groups excluding carboxylic acids is 2. The summed E-state index contributed by atoms with van der Waals surface area (Å²) in [7, 11) is 1.31. The van der Waals surface area contributed by atoms with Gasteiger partial charge in [-0.05, 0) is 68.9 Å². The van der Waals surface area contributed by atoms with Crippen LogP contribution in [0.3, 0.4) is 0 Å². The van der Waals surface area contributed by atoms with Crippen molar-refractivity contribution in [3.05, 3.63) is 66.0 Å². The average molecular weight is 508 g/mol. The zero-order valence-corrected chi connectivity index (χ0v) is 21.1. The second-order valence-corrected chi connectivity index (χ2v) is 8.86. The molecular weight excluding hydrogens is 471 g/mol. The van der Waals surface area contributed by atoms with Crippen LogP contribution in [0.1, 0.15) is 74.2 Å². The summed E-state index contributed by atoms with van der Waals surface area (Å²) in [6.45, 7) is 3.64. The molecule has 6 nitrogen and oxygen atoms in total. The van der Waals surface area contributed by atoms with Crippen molar-refractivity contribution in [1.82, 2.24) is 15.2 Å². The number of methoxy groups -OCH3 is 1. The summed E-state index contributed by atoms with van der Waals surface area (Å²) in [5.41, 5.74) is 0.560. The number of pyridine rings is 1. The Kier molecular flexibility index (Phi) is 11.7. The van der Waals surface area contributed by atoms with E-state index in [2.05, 4.69) is 22.0 Å². The van der Waals surface area contributed by atoms with Crippen LogP contribution in [0.2, 0.25) is 0 Å². The number of nitrogens with zero attached hydrogens (tertiary/aromatic N) is 2. The summed E-state index contributed by atoms with van der Waals surface area (Å²) in [6, 6.07) is 11.7. The summed E-state index contributed by atoms with van der Waals surface area (Å²) in [4.78, 5) is 30.1. The van der Waals surface area contributed by atoms with Crippen molar-refractivity contribution in [2.45, 2.75) is 76.6 Å². The number of amides is 2. The molecule has 0 aliphatic heterocycles. The number of halogens is 3. The predicted octanol–water partition coefficient (Wildman–Crippen LogP) is 6.34. The van der Waals surface area contributed by atoms with Crippen LogP contribution in [0.25, 0.3) is 0 Å². The number of rotatable bonds is 10. The van der Waals surface area contributed by atoms with Crippen molar-refractivity contribution in [3.63, 3.8) is 0 Å². The van der Waals surface area contributed by atoms with Gasteiger partial charge in [0.15, 0.2) is 0 Å². The Morgan fingerprint density at radius 1 is 1.11 bits per heavy atom. The van der Waals surface area contributed by atoms with Gasteiger partial charge < -0.3 is 15.0 Å². The Morgan fingerprint density at radius 2 is 1.75 bits per heavy atom. The topological polar surface area (TPSA) is 71.5 Å². The van der Waals surface area contributed by atoms with Gasteiger partial charge in [-0.25, -0.2) is 4.79 Å². The standard InChI is InChI=1S/C22H31F3N2O3.C5H5N/c1-4-6-18(7-5-14-26-21(29)30-3)27(19-12-13-19)20(28)17-10-8-16(9-11-17)15(2)22(23,24)25;1-2-4-6-5-3-1/h8-11,15,18-19H,4-7,12-14H2,1-3H3,(H,26,29);1-5H. The number of benzene rings is 1. The molecule has 1 aromatic carbocycles. The van der Waals surface area contributed by atoms with Gasteiger partial charge in [0.2, 0.25) is 0 Å². The molecule has 2 amide bonds. The number of nitrogens with one attached hydrogen (secondary N) is 1. The average Bonchev–Trinajstić information content (AvgIpc) is 3.72. The molecule has 2 aromatic rings. The molecule has 3 rings (SSSR count). The molecule has 1 heterocycles. The fourth-order valence-electron chi connectivity index (χ4n) is 3.90. The lowest BCUT2D eigenvalue weighted by atomic mass is 9.98. The minimum Gasteiger partial charge on any atom is -0.453 e. The third-order valence-electron chi connectivity index (χ3n) is 6.07. The molecule has 1 aliphatic rings. The highest BCUT2D eigenvalue weighted by Crippen LogP contribution is 2.35. The fraction of sp³-hybridized carbons (Fsp3) is 0.519. The highest BCUT2D eigenvalue weighted by atomic mass is 19.4. The van der Waals surface area contributed by atoms with E-state index in [1.165, 1.54) is 31.4 Å². The zero-order chi connectivity index (χ0) is 26.6. The van der Waals surface area contributed by atoms with Crippen molar-refractivity contribution in [1.29, 1.82) is 0 Å². The number of hydrogen-bond acceptors (Lipinski definition) is 4. The van der Waals surface area contributed by atoms with E-state index in [-0.39, 0.29) is 23.6 Å². The third-order valence-corrected chi connectivity index (χ3v) is 6.07. The SMILES string of the molecule is CCCC(CCCNC(=O)OC)N(C(=O)c1ccc(C(C)C(F)(F)F)cc1)C1CC1.c1ccncc1. The van der Waals surface area contributed by atoms with Crippen LogP contribution in [0.15, 0.2) is 54.9 Å². The minimum atomic E-state index is -4.31. The zero-order valence-electron chi connectivity index (χ0n) is 21.1. The maximum Gasteiger partial charge on any atom is 0.406 e. The van der Waals surface area contributed by atoms with E-state index in [0.29, 0.717) is 18.5 Å². The Labute approximate surface area is 211 Å². The summed E-state index contributed by atoms with van der Waals surface area (Å²) >= 11 is 0. The van der Waals surface area contributed by atoms with Gasteiger partial charge in [-0.2, -0.15) is 13.2 Å². The first kappa shape index (κ1) is 29.1. The summed E-state index contributed by atoms with van der Waals surface area (Å²) < 4.78 is 43.4. The van der Waals surface area contributed by atoms with Crippen molar-refractivity contribution >= 4 is 12.0 Å². The summed E-state index contributed by atoms with van der Waals surface area (Å²) in [5.74, 6) is -1.71. The molecule has 1 fully saturated rings. The summed E-state index contributed by atoms with van der Waals surface area (Å²) in [5, 5.41) is 2.65. The molecule has 1 aromatic heterocycles. The van der Waals surface area contributed by atoms with E-state index in [9.17, 15) is 22.8 Å². The van der Waals surface area contributed by atoms with E-state index >= 15 is 0 Å². The van der Waals surface area contributed by atoms with E-state index in [1.54, 1.807) is 12.4 Å². The number of ether oxygens (including phenoxy) is 1. The molecule has 2 unspecified atom stereocenters. The van der Waals surface area contributed by atoms with E-state index in [1.807, 2.05) is 23.1 Å². The summed E-state index contributed by atoms with van der Waals surface area (Å²) in [6.07, 6.45) is 3.78. The molecule has 1 saturated carbocycles. The Bertz CT molecular complexity index is 893. The quantitative estimate of drug-likeness (QED) is 0.381. The molecule has 0 saturated heterocycles. The van der Waals surface area contributed by atoms with Crippen LogP contribution < -0.4 is 5.32 Å². The van der Waals surface area contributed by atoms with Crippen molar-refractivity contribution < 1.29 is 27.5 Å². The largest absolute Gasteiger partial charge is 0.453 e. The van der Waals surface area contributed by atoms with Crippen LogP contribution >= 0.6 is 0 Å². The van der Waals surface area contributed by atoms with Gasteiger partial charge in [0.25, 0.3) is 5.91 Å². The highest BCUT2D eigenvalue weighted by Gasteiger charge is 2.38. The second kappa shape index (κ2) is 14.5. The van der Waals surface area contributed by atoms with Gasteiger partial charge in [0.1, 0.15) is 0 Å². The molecule has 1 N–H and O–H groups in total. The van der Waals surface area contributed by atoms with Crippen molar-refractivity contribution in [3.8, 4) is 0 Å². The Hall–Kier alpha value is -3.10. The normalized spacial score (nSPS) is 14.6. The molecular formula is C27H36F3N3O3. The van der Waals surface area contributed by atoms with Gasteiger partial charge in [-0.3, -0.25) is 9.78 Å². The lowest BCUT2D eigenvalue weighted by molar-refractivity contribution is -0.146. The Balaban J connectivity index is 0.000000662.